The number of carbonyl (C=O) groups is 1. The van der Waals surface area contributed by atoms with Crippen molar-refractivity contribution in [1.82, 2.24) is 5.32 Å². The summed E-state index contributed by atoms with van der Waals surface area (Å²) >= 11 is 1.29. The molecule has 3 N–H and O–H groups in total. The third kappa shape index (κ3) is 3.10. The molecule has 0 aliphatic carbocycles. The van der Waals surface area contributed by atoms with Gasteiger partial charge in [-0.3, -0.25) is 0 Å². The van der Waals surface area contributed by atoms with Crippen molar-refractivity contribution in [3.8, 4) is 0 Å². The van der Waals surface area contributed by atoms with E-state index in [1.807, 2.05) is 38.1 Å². The predicted octanol–water partition coefficient (Wildman–Crippen LogP) is 3.24. The zero-order valence-corrected chi connectivity index (χ0v) is 13.5. The van der Waals surface area contributed by atoms with Gasteiger partial charge in [-0.15, -0.1) is 11.3 Å². The minimum absolute atomic E-state index is 0.357. The fraction of sp³-hybridized carbons (Fsp3) is 0.438. The minimum atomic E-state index is -0.914. The number of aromatic carboxylic acids is 1. The van der Waals surface area contributed by atoms with Crippen molar-refractivity contribution >= 4 is 27.4 Å². The van der Waals surface area contributed by atoms with E-state index < -0.39 is 17.1 Å². The summed E-state index contributed by atoms with van der Waals surface area (Å²) in [5.41, 5.74) is -0.672. The van der Waals surface area contributed by atoms with Crippen molar-refractivity contribution in [2.45, 2.75) is 45.4 Å². The van der Waals surface area contributed by atoms with Gasteiger partial charge >= 0.3 is 5.97 Å². The predicted molar refractivity (Wildman–Crippen MR) is 86.0 cm³/mol. The number of aliphatic hydroxyl groups is 1. The molecule has 1 heterocycles. The van der Waals surface area contributed by atoms with Crippen LogP contribution in [0.5, 0.6) is 0 Å². The van der Waals surface area contributed by atoms with Gasteiger partial charge in [0.05, 0.1) is 5.60 Å². The molecule has 2 aromatic rings. The number of benzene rings is 1. The summed E-state index contributed by atoms with van der Waals surface area (Å²) < 4.78 is 0.966. The van der Waals surface area contributed by atoms with E-state index in [4.69, 9.17) is 0 Å². The lowest BCUT2D eigenvalue weighted by Crippen LogP contribution is -2.55. The van der Waals surface area contributed by atoms with Crippen LogP contribution in [0, 0.1) is 0 Å². The fourth-order valence-corrected chi connectivity index (χ4v) is 3.03. The summed E-state index contributed by atoms with van der Waals surface area (Å²) in [5, 5.41) is 23.8. The number of carboxylic acid groups (broad SMARTS) is 1. The van der Waals surface area contributed by atoms with E-state index in [-0.39, 0.29) is 0 Å². The molecule has 0 atom stereocenters. The van der Waals surface area contributed by atoms with Gasteiger partial charge in [-0.25, -0.2) is 4.79 Å². The molecule has 0 bridgehead atoms. The SMILES string of the molecule is CC(C)(O)C(C)(C)NCc1c(C(=O)O)sc2ccccc12. The van der Waals surface area contributed by atoms with Crippen molar-refractivity contribution in [2.75, 3.05) is 0 Å². The molecule has 5 heteroatoms. The number of fused-ring (bicyclic) bond motifs is 1. The molecule has 0 aliphatic heterocycles. The number of hydrogen-bond donors (Lipinski definition) is 3. The molecule has 0 radical (unpaired) electrons. The van der Waals surface area contributed by atoms with Crippen LogP contribution in [-0.2, 0) is 6.54 Å². The van der Waals surface area contributed by atoms with Gasteiger partial charge in [0.15, 0.2) is 0 Å². The highest BCUT2D eigenvalue weighted by molar-refractivity contribution is 7.21. The Morgan fingerprint density at radius 1 is 1.24 bits per heavy atom. The van der Waals surface area contributed by atoms with Crippen molar-refractivity contribution in [1.29, 1.82) is 0 Å². The average Bonchev–Trinajstić information content (AvgIpc) is 2.74. The normalized spacial score (nSPS) is 12.8. The van der Waals surface area contributed by atoms with Crippen LogP contribution in [0.3, 0.4) is 0 Å². The van der Waals surface area contributed by atoms with Gasteiger partial charge in [0.2, 0.25) is 0 Å². The molecule has 0 aliphatic rings. The molecule has 2 rings (SSSR count). The van der Waals surface area contributed by atoms with Crippen LogP contribution in [0.1, 0.15) is 42.9 Å². The Labute approximate surface area is 128 Å². The molecule has 21 heavy (non-hydrogen) atoms. The number of nitrogens with one attached hydrogen (secondary N) is 1. The van der Waals surface area contributed by atoms with Crippen LogP contribution in [0.25, 0.3) is 10.1 Å². The van der Waals surface area contributed by atoms with Crippen molar-refractivity contribution in [3.05, 3.63) is 34.7 Å². The number of thiophene rings is 1. The molecular formula is C16H21NO3S. The third-order valence-electron chi connectivity index (χ3n) is 4.13. The van der Waals surface area contributed by atoms with E-state index in [0.29, 0.717) is 11.4 Å². The Bertz CT molecular complexity index is 668. The van der Waals surface area contributed by atoms with Crippen molar-refractivity contribution in [2.24, 2.45) is 0 Å². The summed E-state index contributed by atoms with van der Waals surface area (Å²) in [6, 6.07) is 7.68. The van der Waals surface area contributed by atoms with E-state index in [1.54, 1.807) is 13.8 Å². The Hall–Kier alpha value is -1.43. The Kier molecular flexibility index (Phi) is 4.10. The Morgan fingerprint density at radius 2 is 1.86 bits per heavy atom. The maximum Gasteiger partial charge on any atom is 0.346 e. The molecule has 0 saturated heterocycles. The molecule has 0 spiro atoms. The average molecular weight is 307 g/mol. The van der Waals surface area contributed by atoms with Crippen LogP contribution >= 0.6 is 11.3 Å². The molecule has 114 valence electrons. The second-order valence-corrected chi connectivity index (χ2v) is 7.30. The first-order valence-electron chi connectivity index (χ1n) is 6.84. The number of rotatable bonds is 5. The van der Waals surface area contributed by atoms with E-state index in [9.17, 15) is 15.0 Å². The lowest BCUT2D eigenvalue weighted by atomic mass is 9.86. The van der Waals surface area contributed by atoms with Gasteiger partial charge in [-0.05, 0) is 44.7 Å². The fourth-order valence-electron chi connectivity index (χ4n) is 1.97. The molecule has 0 amide bonds. The van der Waals surface area contributed by atoms with E-state index in [2.05, 4.69) is 5.32 Å². The van der Waals surface area contributed by atoms with Gasteiger partial charge in [0.1, 0.15) is 4.88 Å². The summed E-state index contributed by atoms with van der Waals surface area (Å²) in [7, 11) is 0. The van der Waals surface area contributed by atoms with Crippen molar-refractivity contribution in [3.63, 3.8) is 0 Å². The van der Waals surface area contributed by atoms with Crippen LogP contribution in [-0.4, -0.2) is 27.3 Å². The zero-order valence-electron chi connectivity index (χ0n) is 12.7. The van der Waals surface area contributed by atoms with E-state index >= 15 is 0 Å². The lowest BCUT2D eigenvalue weighted by Gasteiger charge is -2.38. The summed E-state index contributed by atoms with van der Waals surface area (Å²) in [6.45, 7) is 7.69. The van der Waals surface area contributed by atoms with Gasteiger partial charge in [0, 0.05) is 16.8 Å². The largest absolute Gasteiger partial charge is 0.477 e. The van der Waals surface area contributed by atoms with E-state index in [1.165, 1.54) is 11.3 Å². The van der Waals surface area contributed by atoms with Crippen LogP contribution in [0.2, 0.25) is 0 Å². The van der Waals surface area contributed by atoms with Gasteiger partial charge < -0.3 is 15.5 Å². The highest BCUT2D eigenvalue weighted by Gasteiger charge is 2.34. The van der Waals surface area contributed by atoms with Gasteiger partial charge in [0.25, 0.3) is 0 Å². The summed E-state index contributed by atoms with van der Waals surface area (Å²) in [6.07, 6.45) is 0. The zero-order chi connectivity index (χ0) is 15.8. The Balaban J connectivity index is 2.38. The van der Waals surface area contributed by atoms with Crippen LogP contribution in [0.15, 0.2) is 24.3 Å². The third-order valence-corrected chi connectivity index (χ3v) is 5.33. The maximum atomic E-state index is 11.4. The van der Waals surface area contributed by atoms with Gasteiger partial charge in [-0.2, -0.15) is 0 Å². The Morgan fingerprint density at radius 3 is 2.43 bits per heavy atom. The monoisotopic (exact) mass is 307 g/mol. The quantitative estimate of drug-likeness (QED) is 0.793. The molecule has 4 nitrogen and oxygen atoms in total. The van der Waals surface area contributed by atoms with Crippen LogP contribution in [0.4, 0.5) is 0 Å². The number of hydrogen-bond acceptors (Lipinski definition) is 4. The molecule has 1 aromatic heterocycles. The molecule has 0 unspecified atom stereocenters. The standard InChI is InChI=1S/C16H21NO3S/c1-15(2,16(3,4)20)17-9-11-10-7-5-6-8-12(10)21-13(11)14(18)19/h5-8,17,20H,9H2,1-4H3,(H,18,19). The molecular weight excluding hydrogens is 286 g/mol. The van der Waals surface area contributed by atoms with Crippen LogP contribution < -0.4 is 5.32 Å². The first kappa shape index (κ1) is 15.9. The second kappa shape index (κ2) is 5.40. The van der Waals surface area contributed by atoms with E-state index in [0.717, 1.165) is 15.6 Å². The van der Waals surface area contributed by atoms with Gasteiger partial charge in [-0.1, -0.05) is 18.2 Å². The first-order valence-corrected chi connectivity index (χ1v) is 7.66. The van der Waals surface area contributed by atoms with Crippen molar-refractivity contribution < 1.29 is 15.0 Å². The minimum Gasteiger partial charge on any atom is -0.477 e. The lowest BCUT2D eigenvalue weighted by molar-refractivity contribution is -0.00527. The number of carboxylic acids is 1. The highest BCUT2D eigenvalue weighted by Crippen LogP contribution is 2.32. The second-order valence-electron chi connectivity index (χ2n) is 6.25. The topological polar surface area (TPSA) is 69.6 Å². The summed E-state index contributed by atoms with van der Waals surface area (Å²) in [4.78, 5) is 11.8. The first-order chi connectivity index (χ1) is 9.63. The smallest absolute Gasteiger partial charge is 0.346 e. The molecule has 0 saturated carbocycles. The highest BCUT2D eigenvalue weighted by atomic mass is 32.1. The molecule has 0 fully saturated rings. The maximum absolute atomic E-state index is 11.4. The molecule has 1 aromatic carbocycles. The summed E-state index contributed by atoms with van der Waals surface area (Å²) in [5.74, 6) is -0.908.